The molecule has 7 heteroatoms. The minimum Gasteiger partial charge on any atom is -0.493 e. The first-order chi connectivity index (χ1) is 14.0. The van der Waals surface area contributed by atoms with Gasteiger partial charge in [0.15, 0.2) is 5.82 Å². The number of H-pyrrole nitrogens is 1. The number of carbonyl (C=O) groups is 1. The molecule has 2 aromatic rings. The number of amides is 1. The zero-order valence-corrected chi connectivity index (χ0v) is 17.2. The molecule has 0 saturated heterocycles. The molecule has 7 nitrogen and oxygen atoms in total. The zero-order chi connectivity index (χ0) is 20.6. The number of aromatic amines is 1. The van der Waals surface area contributed by atoms with Crippen LogP contribution in [0.25, 0.3) is 11.4 Å². The first kappa shape index (κ1) is 21.0. The summed E-state index contributed by atoms with van der Waals surface area (Å²) in [5.74, 6) is 1.51. The molecular formula is C22H30N4O3. The number of hydrogen-bond donors (Lipinski definition) is 2. The van der Waals surface area contributed by atoms with Crippen LogP contribution >= 0.6 is 0 Å². The Labute approximate surface area is 171 Å². The van der Waals surface area contributed by atoms with Crippen molar-refractivity contribution in [3.05, 3.63) is 40.3 Å². The van der Waals surface area contributed by atoms with E-state index in [2.05, 4.69) is 34.3 Å². The van der Waals surface area contributed by atoms with Crippen LogP contribution in [0, 0.1) is 5.92 Å². The molecule has 3 rings (SSSR count). The molecule has 0 bridgehead atoms. The molecular weight excluding hydrogens is 368 g/mol. The van der Waals surface area contributed by atoms with E-state index < -0.39 is 0 Å². The van der Waals surface area contributed by atoms with Gasteiger partial charge in [-0.3, -0.25) is 9.59 Å². The molecule has 0 radical (unpaired) electrons. The fourth-order valence-electron chi connectivity index (χ4n) is 3.43. The number of nitrogens with zero attached hydrogens (tertiary/aromatic N) is 2. The smallest absolute Gasteiger partial charge is 0.273 e. The Bertz CT molecular complexity index is 872. The van der Waals surface area contributed by atoms with Gasteiger partial charge in [-0.15, -0.1) is 10.2 Å². The van der Waals surface area contributed by atoms with Crippen LogP contribution in [0.5, 0.6) is 5.75 Å². The van der Waals surface area contributed by atoms with Crippen molar-refractivity contribution >= 4 is 5.91 Å². The molecule has 1 aliphatic carbocycles. The summed E-state index contributed by atoms with van der Waals surface area (Å²) in [6.45, 7) is 4.79. The maximum absolute atomic E-state index is 12.4. The Morgan fingerprint density at radius 1 is 1.24 bits per heavy atom. The lowest BCUT2D eigenvalue weighted by molar-refractivity contribution is -0.122. The highest BCUT2D eigenvalue weighted by atomic mass is 16.5. The summed E-state index contributed by atoms with van der Waals surface area (Å²) >= 11 is 0. The van der Waals surface area contributed by atoms with Gasteiger partial charge >= 0.3 is 0 Å². The van der Waals surface area contributed by atoms with E-state index in [1.165, 1.54) is 19.3 Å². The third-order valence-electron chi connectivity index (χ3n) is 5.01. The fourth-order valence-corrected chi connectivity index (χ4v) is 3.43. The molecule has 29 heavy (non-hydrogen) atoms. The van der Waals surface area contributed by atoms with Crippen molar-refractivity contribution in [2.75, 3.05) is 6.61 Å². The van der Waals surface area contributed by atoms with E-state index in [4.69, 9.17) is 4.74 Å². The minimum absolute atomic E-state index is 0.0304. The monoisotopic (exact) mass is 398 g/mol. The van der Waals surface area contributed by atoms with Crippen LogP contribution in [-0.4, -0.2) is 33.7 Å². The van der Waals surface area contributed by atoms with Gasteiger partial charge in [0.25, 0.3) is 5.56 Å². The Hall–Kier alpha value is -2.70. The molecule has 1 heterocycles. The highest BCUT2D eigenvalue weighted by Crippen LogP contribution is 2.20. The van der Waals surface area contributed by atoms with Crippen molar-refractivity contribution in [3.63, 3.8) is 0 Å². The van der Waals surface area contributed by atoms with Crippen LogP contribution in [0.2, 0.25) is 0 Å². The summed E-state index contributed by atoms with van der Waals surface area (Å²) in [6, 6.07) is 7.68. The lowest BCUT2D eigenvalue weighted by Gasteiger charge is -2.22. The second-order valence-electron chi connectivity index (χ2n) is 8.08. The average Bonchev–Trinajstić information content (AvgIpc) is 2.72. The summed E-state index contributed by atoms with van der Waals surface area (Å²) in [4.78, 5) is 27.3. The third-order valence-corrected chi connectivity index (χ3v) is 5.01. The van der Waals surface area contributed by atoms with Gasteiger partial charge in [0, 0.05) is 24.4 Å². The number of aryl methyl sites for hydroxylation is 1. The van der Waals surface area contributed by atoms with Gasteiger partial charge in [-0.2, -0.15) is 0 Å². The summed E-state index contributed by atoms with van der Waals surface area (Å²) < 4.78 is 5.73. The molecule has 1 amide bonds. The first-order valence-corrected chi connectivity index (χ1v) is 10.5. The predicted molar refractivity (Wildman–Crippen MR) is 112 cm³/mol. The molecule has 1 aromatic heterocycles. The molecule has 1 aromatic carbocycles. The lowest BCUT2D eigenvalue weighted by atomic mass is 9.95. The van der Waals surface area contributed by atoms with Crippen molar-refractivity contribution in [1.82, 2.24) is 20.5 Å². The molecule has 0 atom stereocenters. The number of nitrogens with one attached hydrogen (secondary N) is 2. The lowest BCUT2D eigenvalue weighted by Crippen LogP contribution is -2.36. The van der Waals surface area contributed by atoms with Crippen LogP contribution < -0.4 is 15.6 Å². The SMILES string of the molecule is CC(C)COc1cccc(-c2nnc(CCC(=O)NC3CCCCC3)c(=O)[nH]2)c1. The van der Waals surface area contributed by atoms with Crippen molar-refractivity contribution in [2.24, 2.45) is 5.92 Å². The fraction of sp³-hybridized carbons (Fsp3) is 0.545. The van der Waals surface area contributed by atoms with Gasteiger partial charge < -0.3 is 15.0 Å². The first-order valence-electron chi connectivity index (χ1n) is 10.5. The van der Waals surface area contributed by atoms with Crippen molar-refractivity contribution in [1.29, 1.82) is 0 Å². The second-order valence-corrected chi connectivity index (χ2v) is 8.08. The summed E-state index contributed by atoms with van der Waals surface area (Å²) in [6.07, 6.45) is 6.19. The van der Waals surface area contributed by atoms with E-state index in [0.29, 0.717) is 18.3 Å². The third kappa shape index (κ3) is 6.41. The van der Waals surface area contributed by atoms with Crippen LogP contribution in [0.1, 0.15) is 58.1 Å². The largest absolute Gasteiger partial charge is 0.493 e. The molecule has 2 N–H and O–H groups in total. The Balaban J connectivity index is 1.59. The van der Waals surface area contributed by atoms with Crippen molar-refractivity contribution in [2.45, 2.75) is 64.8 Å². The van der Waals surface area contributed by atoms with E-state index in [-0.39, 0.29) is 36.0 Å². The number of rotatable bonds is 8. The van der Waals surface area contributed by atoms with Crippen LogP contribution in [0.3, 0.4) is 0 Å². The van der Waals surface area contributed by atoms with Gasteiger partial charge in [-0.05, 0) is 30.9 Å². The van der Waals surface area contributed by atoms with Gasteiger partial charge in [0.1, 0.15) is 11.4 Å². The Kier molecular flexibility index (Phi) is 7.38. The van der Waals surface area contributed by atoms with Gasteiger partial charge in [-0.25, -0.2) is 0 Å². The standard InChI is InChI=1S/C22H30N4O3/c1-15(2)14-29-18-10-6-7-16(13-18)21-24-22(28)19(25-26-21)11-12-20(27)23-17-8-4-3-5-9-17/h6-7,10,13,15,17H,3-5,8-9,11-12,14H2,1-2H3,(H,23,27)(H,24,26,28). The van der Waals surface area contributed by atoms with E-state index in [9.17, 15) is 9.59 Å². The summed E-state index contributed by atoms with van der Waals surface area (Å²) in [5.41, 5.74) is 0.700. The number of aromatic nitrogens is 3. The maximum atomic E-state index is 12.4. The van der Waals surface area contributed by atoms with E-state index in [0.717, 1.165) is 24.2 Å². The van der Waals surface area contributed by atoms with Crippen LogP contribution in [0.15, 0.2) is 29.1 Å². The normalized spacial score (nSPS) is 14.7. The molecule has 0 unspecified atom stereocenters. The second kappa shape index (κ2) is 10.2. The molecule has 0 spiro atoms. The van der Waals surface area contributed by atoms with Gasteiger partial charge in [-0.1, -0.05) is 45.2 Å². The number of benzene rings is 1. The zero-order valence-electron chi connectivity index (χ0n) is 17.2. The summed E-state index contributed by atoms with van der Waals surface area (Å²) in [7, 11) is 0. The van der Waals surface area contributed by atoms with Crippen LogP contribution in [-0.2, 0) is 11.2 Å². The molecule has 1 fully saturated rings. The van der Waals surface area contributed by atoms with Crippen molar-refractivity contribution in [3.8, 4) is 17.1 Å². The van der Waals surface area contributed by atoms with Gasteiger partial charge in [0.05, 0.1) is 6.61 Å². The predicted octanol–water partition coefficient (Wildman–Crippen LogP) is 3.25. The number of ether oxygens (including phenoxy) is 1. The quantitative estimate of drug-likeness (QED) is 0.711. The minimum atomic E-state index is -0.311. The average molecular weight is 399 g/mol. The molecule has 0 aliphatic heterocycles. The van der Waals surface area contributed by atoms with E-state index >= 15 is 0 Å². The Morgan fingerprint density at radius 2 is 2.03 bits per heavy atom. The van der Waals surface area contributed by atoms with E-state index in [1.807, 2.05) is 24.3 Å². The number of carbonyl (C=O) groups excluding carboxylic acids is 1. The topological polar surface area (TPSA) is 97.0 Å². The van der Waals surface area contributed by atoms with Gasteiger partial charge in [0.2, 0.25) is 5.91 Å². The molecule has 1 saturated carbocycles. The van der Waals surface area contributed by atoms with Crippen LogP contribution in [0.4, 0.5) is 0 Å². The number of hydrogen-bond acceptors (Lipinski definition) is 5. The highest BCUT2D eigenvalue weighted by molar-refractivity contribution is 5.76. The Morgan fingerprint density at radius 3 is 2.76 bits per heavy atom. The molecule has 156 valence electrons. The maximum Gasteiger partial charge on any atom is 0.273 e. The van der Waals surface area contributed by atoms with Crippen molar-refractivity contribution < 1.29 is 9.53 Å². The van der Waals surface area contributed by atoms with E-state index in [1.54, 1.807) is 0 Å². The highest BCUT2D eigenvalue weighted by Gasteiger charge is 2.16. The molecule has 1 aliphatic rings. The summed E-state index contributed by atoms with van der Waals surface area (Å²) in [5, 5.41) is 11.3.